The molecule has 0 atom stereocenters. The van der Waals surface area contributed by atoms with Gasteiger partial charge in [-0.1, -0.05) is 5.16 Å². The van der Waals surface area contributed by atoms with Crippen molar-refractivity contribution in [2.75, 3.05) is 21.3 Å². The van der Waals surface area contributed by atoms with Crippen LogP contribution < -0.4 is 14.2 Å². The molecule has 2 aromatic carbocycles. The highest BCUT2D eigenvalue weighted by molar-refractivity contribution is 6.13. The Morgan fingerprint density at radius 3 is 1.94 bits per heavy atom. The lowest BCUT2D eigenvalue weighted by molar-refractivity contribution is -0.384. The Morgan fingerprint density at radius 2 is 1.44 bits per heavy atom. The molecule has 0 bridgehead atoms. The zero-order valence-corrected chi connectivity index (χ0v) is 17.5. The molecule has 1 aromatic heterocycles. The molecule has 0 saturated heterocycles. The molecule has 0 aliphatic rings. The number of nitro benzene ring substituents is 1. The third kappa shape index (κ3) is 4.81. The molecule has 1 heterocycles. The minimum atomic E-state index is -0.766. The summed E-state index contributed by atoms with van der Waals surface area (Å²) in [6.45, 7) is 0. The van der Waals surface area contributed by atoms with Gasteiger partial charge in [-0.25, -0.2) is 4.79 Å². The zero-order valence-electron chi connectivity index (χ0n) is 17.5. The van der Waals surface area contributed by atoms with E-state index < -0.39 is 10.9 Å². The van der Waals surface area contributed by atoms with Crippen molar-refractivity contribution in [3.8, 4) is 17.2 Å². The number of nitro groups is 1. The SMILES string of the molecule is COc1cc(C(=O)O/N=C(/c2ccncc2)c2ccc([N+](=O)[O-])cc2)cc(OC)c1OC. The average molecular weight is 437 g/mol. The van der Waals surface area contributed by atoms with Crippen LogP contribution in [-0.4, -0.2) is 42.9 Å². The van der Waals surface area contributed by atoms with Crippen molar-refractivity contribution in [1.82, 2.24) is 4.98 Å². The van der Waals surface area contributed by atoms with Crippen LogP contribution in [0.1, 0.15) is 21.5 Å². The zero-order chi connectivity index (χ0) is 23.1. The van der Waals surface area contributed by atoms with Gasteiger partial charge in [-0.05, 0) is 36.4 Å². The average Bonchev–Trinajstić information content (AvgIpc) is 2.83. The fourth-order valence-electron chi connectivity index (χ4n) is 2.86. The van der Waals surface area contributed by atoms with Crippen LogP contribution >= 0.6 is 0 Å². The molecular formula is C22H19N3O7. The number of carbonyl (C=O) groups is 1. The molecule has 0 unspecified atom stereocenters. The second-order valence-electron chi connectivity index (χ2n) is 6.27. The predicted octanol–water partition coefficient (Wildman–Crippen LogP) is 3.63. The van der Waals surface area contributed by atoms with E-state index in [-0.39, 0.29) is 22.7 Å². The van der Waals surface area contributed by atoms with Gasteiger partial charge in [0.1, 0.15) is 5.71 Å². The minimum Gasteiger partial charge on any atom is -0.493 e. The first kappa shape index (κ1) is 22.2. The topological polar surface area (TPSA) is 122 Å². The number of hydrogen-bond acceptors (Lipinski definition) is 9. The Morgan fingerprint density at radius 1 is 0.875 bits per heavy atom. The van der Waals surface area contributed by atoms with E-state index in [2.05, 4.69) is 10.1 Å². The molecule has 3 rings (SSSR count). The number of carbonyl (C=O) groups excluding carboxylic acids is 1. The highest BCUT2D eigenvalue weighted by atomic mass is 16.7. The maximum absolute atomic E-state index is 12.7. The number of benzene rings is 2. The molecule has 164 valence electrons. The van der Waals surface area contributed by atoms with E-state index in [1.165, 1.54) is 57.7 Å². The van der Waals surface area contributed by atoms with Crippen molar-refractivity contribution in [3.63, 3.8) is 0 Å². The summed E-state index contributed by atoms with van der Waals surface area (Å²) in [4.78, 5) is 32.3. The van der Waals surface area contributed by atoms with Gasteiger partial charge in [0.05, 0.1) is 31.8 Å². The van der Waals surface area contributed by atoms with Crippen LogP contribution in [0.5, 0.6) is 17.2 Å². The quantitative estimate of drug-likeness (QED) is 0.227. The Kier molecular flexibility index (Phi) is 6.96. The van der Waals surface area contributed by atoms with Gasteiger partial charge >= 0.3 is 5.97 Å². The van der Waals surface area contributed by atoms with Crippen molar-refractivity contribution in [1.29, 1.82) is 0 Å². The van der Waals surface area contributed by atoms with E-state index >= 15 is 0 Å². The highest BCUT2D eigenvalue weighted by Crippen LogP contribution is 2.38. The molecule has 3 aromatic rings. The molecule has 0 saturated carbocycles. The third-order valence-electron chi connectivity index (χ3n) is 4.43. The molecular weight excluding hydrogens is 418 g/mol. The number of hydrogen-bond donors (Lipinski definition) is 0. The number of oxime groups is 1. The van der Waals surface area contributed by atoms with E-state index in [4.69, 9.17) is 19.0 Å². The summed E-state index contributed by atoms with van der Waals surface area (Å²) < 4.78 is 15.8. The van der Waals surface area contributed by atoms with Crippen LogP contribution in [0.3, 0.4) is 0 Å². The van der Waals surface area contributed by atoms with E-state index in [1.54, 1.807) is 24.5 Å². The summed E-state index contributed by atoms with van der Waals surface area (Å²) in [5.41, 5.74) is 1.47. The molecule has 0 radical (unpaired) electrons. The summed E-state index contributed by atoms with van der Waals surface area (Å²) in [7, 11) is 4.31. The monoisotopic (exact) mass is 437 g/mol. The number of aromatic nitrogens is 1. The fourth-order valence-corrected chi connectivity index (χ4v) is 2.86. The van der Waals surface area contributed by atoms with Gasteiger partial charge in [0, 0.05) is 35.7 Å². The third-order valence-corrected chi connectivity index (χ3v) is 4.43. The van der Waals surface area contributed by atoms with Crippen LogP contribution in [-0.2, 0) is 4.84 Å². The molecule has 0 aliphatic heterocycles. The lowest BCUT2D eigenvalue weighted by Gasteiger charge is -2.13. The van der Waals surface area contributed by atoms with Gasteiger partial charge < -0.3 is 19.0 Å². The van der Waals surface area contributed by atoms with Crippen LogP contribution in [0.25, 0.3) is 0 Å². The molecule has 10 heteroatoms. The van der Waals surface area contributed by atoms with E-state index in [0.29, 0.717) is 22.6 Å². The lowest BCUT2D eigenvalue weighted by Crippen LogP contribution is -2.09. The summed E-state index contributed by atoms with van der Waals surface area (Å²) in [5.74, 6) is 0.135. The molecule has 10 nitrogen and oxygen atoms in total. The summed E-state index contributed by atoms with van der Waals surface area (Å²) in [6, 6.07) is 11.9. The van der Waals surface area contributed by atoms with Crippen LogP contribution in [0.4, 0.5) is 5.69 Å². The van der Waals surface area contributed by atoms with Gasteiger partial charge in [-0.3, -0.25) is 15.1 Å². The van der Waals surface area contributed by atoms with Crippen molar-refractivity contribution >= 4 is 17.4 Å². The number of nitrogens with zero attached hydrogens (tertiary/aromatic N) is 3. The molecule has 0 aliphatic carbocycles. The lowest BCUT2D eigenvalue weighted by atomic mass is 10.0. The Balaban J connectivity index is 1.97. The number of rotatable bonds is 8. The van der Waals surface area contributed by atoms with Crippen LogP contribution in [0.15, 0.2) is 66.1 Å². The van der Waals surface area contributed by atoms with Crippen molar-refractivity contribution in [2.45, 2.75) is 0 Å². The van der Waals surface area contributed by atoms with Gasteiger partial charge in [0.15, 0.2) is 11.5 Å². The van der Waals surface area contributed by atoms with Gasteiger partial charge in [0.2, 0.25) is 5.75 Å². The first-order valence-corrected chi connectivity index (χ1v) is 9.23. The van der Waals surface area contributed by atoms with Crippen molar-refractivity contribution in [2.24, 2.45) is 5.16 Å². The van der Waals surface area contributed by atoms with Crippen molar-refractivity contribution < 1.29 is 28.8 Å². The molecule has 0 amide bonds. The first-order chi connectivity index (χ1) is 15.5. The number of methoxy groups -OCH3 is 3. The second-order valence-corrected chi connectivity index (χ2v) is 6.27. The van der Waals surface area contributed by atoms with Crippen LogP contribution in [0, 0.1) is 10.1 Å². The normalized spacial score (nSPS) is 10.9. The smallest absolute Gasteiger partial charge is 0.366 e. The van der Waals surface area contributed by atoms with Gasteiger partial charge in [-0.15, -0.1) is 0 Å². The standard InChI is InChI=1S/C22H19N3O7/c1-29-18-12-16(13-19(30-2)21(18)31-3)22(26)32-24-20(15-8-10-23-11-9-15)14-4-6-17(7-5-14)25(27)28/h4-13H,1-3H3/b24-20+. The number of pyridine rings is 1. The summed E-state index contributed by atoms with van der Waals surface area (Å²) in [6.07, 6.45) is 3.11. The molecule has 0 fully saturated rings. The van der Waals surface area contributed by atoms with E-state index in [9.17, 15) is 14.9 Å². The van der Waals surface area contributed by atoms with Gasteiger partial charge in [0.25, 0.3) is 5.69 Å². The second kappa shape index (κ2) is 10.0. The number of non-ortho nitro benzene ring substituents is 1. The van der Waals surface area contributed by atoms with E-state index in [1.807, 2.05) is 0 Å². The number of ether oxygens (including phenoxy) is 3. The fraction of sp³-hybridized carbons (Fsp3) is 0.136. The first-order valence-electron chi connectivity index (χ1n) is 9.23. The Labute approximate surface area is 183 Å². The van der Waals surface area contributed by atoms with E-state index in [0.717, 1.165) is 0 Å². The highest BCUT2D eigenvalue weighted by Gasteiger charge is 2.19. The molecule has 32 heavy (non-hydrogen) atoms. The Hall–Kier alpha value is -4.47. The molecule has 0 spiro atoms. The van der Waals surface area contributed by atoms with Crippen LogP contribution in [0.2, 0.25) is 0 Å². The minimum absolute atomic E-state index is 0.0720. The largest absolute Gasteiger partial charge is 0.493 e. The Bertz CT molecular complexity index is 1120. The van der Waals surface area contributed by atoms with Gasteiger partial charge in [-0.2, -0.15) is 0 Å². The maximum atomic E-state index is 12.7. The summed E-state index contributed by atoms with van der Waals surface area (Å²) in [5, 5.41) is 15.0. The predicted molar refractivity (Wildman–Crippen MR) is 114 cm³/mol. The molecule has 0 N–H and O–H groups in total. The maximum Gasteiger partial charge on any atom is 0.366 e. The van der Waals surface area contributed by atoms with Crippen molar-refractivity contribution in [3.05, 3.63) is 87.7 Å². The summed E-state index contributed by atoms with van der Waals surface area (Å²) >= 11 is 0.